The highest BCUT2D eigenvalue weighted by atomic mass is 79.9. The number of rotatable bonds is 4. The van der Waals surface area contributed by atoms with E-state index in [0.29, 0.717) is 34.0 Å². The van der Waals surface area contributed by atoms with Crippen molar-refractivity contribution in [2.75, 3.05) is 17.9 Å². The standard InChI is InChI=1S/C20H15BrN4O3S/c1-2-7-29-20-23-19-17(24-25-20)11-5-3-4-6-14(11)22-18(28-19)12-8-15-16(9-13(12)21)27-10-26-15/h2-6,8-9,18,22H,1,7,10H2/t18-/m1/s1. The average molecular weight is 471 g/mol. The van der Waals surface area contributed by atoms with Gasteiger partial charge in [-0.1, -0.05) is 52.0 Å². The molecule has 2 aliphatic heterocycles. The SMILES string of the molecule is C=CCSc1nnc2c(n1)O[C@H](c1cc3c(cc1Br)OCO3)Nc1ccccc1-2. The van der Waals surface area contributed by atoms with Gasteiger partial charge in [0.15, 0.2) is 23.4 Å². The molecule has 1 aromatic heterocycles. The molecule has 29 heavy (non-hydrogen) atoms. The summed E-state index contributed by atoms with van der Waals surface area (Å²) in [4.78, 5) is 4.60. The van der Waals surface area contributed by atoms with Gasteiger partial charge in [-0.2, -0.15) is 4.98 Å². The van der Waals surface area contributed by atoms with Crippen LogP contribution in [0.15, 0.2) is 58.7 Å². The van der Waals surface area contributed by atoms with Crippen LogP contribution in [0.4, 0.5) is 5.69 Å². The third-order valence-corrected chi connectivity index (χ3v) is 5.96. The quantitative estimate of drug-likeness (QED) is 0.429. The average Bonchev–Trinajstić information content (AvgIpc) is 3.12. The van der Waals surface area contributed by atoms with Crippen molar-refractivity contribution in [2.24, 2.45) is 0 Å². The number of benzene rings is 2. The van der Waals surface area contributed by atoms with Crippen molar-refractivity contribution in [1.29, 1.82) is 0 Å². The van der Waals surface area contributed by atoms with Gasteiger partial charge in [0.2, 0.25) is 17.8 Å². The molecule has 0 saturated carbocycles. The van der Waals surface area contributed by atoms with E-state index in [-0.39, 0.29) is 6.79 Å². The van der Waals surface area contributed by atoms with Crippen molar-refractivity contribution in [3.8, 4) is 28.6 Å². The Bertz CT molecular complexity index is 1110. The lowest BCUT2D eigenvalue weighted by atomic mass is 10.1. The maximum atomic E-state index is 6.30. The Labute approximate surface area is 179 Å². The van der Waals surface area contributed by atoms with Gasteiger partial charge in [0.25, 0.3) is 0 Å². The minimum absolute atomic E-state index is 0.205. The van der Waals surface area contributed by atoms with Gasteiger partial charge >= 0.3 is 0 Å². The third kappa shape index (κ3) is 3.40. The maximum Gasteiger partial charge on any atom is 0.247 e. The number of thioether (sulfide) groups is 1. The third-order valence-electron chi connectivity index (χ3n) is 4.44. The fourth-order valence-corrected chi connectivity index (χ4v) is 4.16. The predicted molar refractivity (Wildman–Crippen MR) is 113 cm³/mol. The summed E-state index contributed by atoms with van der Waals surface area (Å²) in [7, 11) is 0. The highest BCUT2D eigenvalue weighted by Crippen LogP contribution is 2.44. The van der Waals surface area contributed by atoms with E-state index >= 15 is 0 Å². The number of nitrogens with one attached hydrogen (secondary N) is 1. The number of hydrogen-bond donors (Lipinski definition) is 1. The minimum atomic E-state index is -0.518. The van der Waals surface area contributed by atoms with Crippen LogP contribution in [-0.4, -0.2) is 27.7 Å². The zero-order valence-corrected chi connectivity index (χ0v) is 17.5. The Morgan fingerprint density at radius 2 is 2.03 bits per heavy atom. The molecule has 0 fully saturated rings. The van der Waals surface area contributed by atoms with E-state index in [1.165, 1.54) is 11.8 Å². The lowest BCUT2D eigenvalue weighted by molar-refractivity contribution is 0.173. The molecule has 1 atom stereocenters. The van der Waals surface area contributed by atoms with Crippen molar-refractivity contribution < 1.29 is 14.2 Å². The molecule has 3 aromatic rings. The first-order valence-corrected chi connectivity index (χ1v) is 10.6. The van der Waals surface area contributed by atoms with Crippen LogP contribution in [0.3, 0.4) is 0 Å². The molecule has 0 bridgehead atoms. The first-order valence-electron chi connectivity index (χ1n) is 8.83. The Balaban J connectivity index is 1.61. The molecular weight excluding hydrogens is 456 g/mol. The predicted octanol–water partition coefficient (Wildman–Crippen LogP) is 4.81. The molecule has 0 amide bonds. The van der Waals surface area contributed by atoms with Crippen LogP contribution < -0.4 is 19.5 Å². The maximum absolute atomic E-state index is 6.30. The number of fused-ring (bicyclic) bond motifs is 4. The molecule has 0 aliphatic carbocycles. The van der Waals surface area contributed by atoms with Crippen LogP contribution in [0.1, 0.15) is 11.8 Å². The Kier molecular flexibility index (Phi) is 4.76. The highest BCUT2D eigenvalue weighted by molar-refractivity contribution is 9.10. The van der Waals surface area contributed by atoms with Gasteiger partial charge in [-0.25, -0.2) is 0 Å². The molecular formula is C20H15BrN4O3S. The number of para-hydroxylation sites is 1. The smallest absolute Gasteiger partial charge is 0.247 e. The monoisotopic (exact) mass is 470 g/mol. The van der Waals surface area contributed by atoms with Crippen LogP contribution in [0.25, 0.3) is 11.3 Å². The fraction of sp³-hybridized carbons (Fsp3) is 0.150. The number of hydrogen-bond acceptors (Lipinski definition) is 8. The second kappa shape index (κ2) is 7.57. The van der Waals surface area contributed by atoms with E-state index in [4.69, 9.17) is 14.2 Å². The molecule has 0 unspecified atom stereocenters. The van der Waals surface area contributed by atoms with Gasteiger partial charge in [0.05, 0.1) is 0 Å². The molecule has 5 rings (SSSR count). The summed E-state index contributed by atoms with van der Waals surface area (Å²) in [5, 5.41) is 12.6. The van der Waals surface area contributed by atoms with Crippen molar-refractivity contribution in [2.45, 2.75) is 11.4 Å². The largest absolute Gasteiger partial charge is 0.454 e. The molecule has 0 spiro atoms. The molecule has 0 saturated heterocycles. The minimum Gasteiger partial charge on any atom is -0.454 e. The topological polar surface area (TPSA) is 78.4 Å². The molecule has 3 heterocycles. The van der Waals surface area contributed by atoms with Crippen LogP contribution >= 0.6 is 27.7 Å². The van der Waals surface area contributed by atoms with E-state index in [2.05, 4.69) is 43.0 Å². The van der Waals surface area contributed by atoms with Crippen molar-refractivity contribution in [3.63, 3.8) is 0 Å². The van der Waals surface area contributed by atoms with Gasteiger partial charge in [0, 0.05) is 27.0 Å². The Morgan fingerprint density at radius 3 is 2.90 bits per heavy atom. The van der Waals surface area contributed by atoms with Crippen LogP contribution in [0, 0.1) is 0 Å². The lowest BCUT2D eigenvalue weighted by Gasteiger charge is -2.20. The van der Waals surface area contributed by atoms with E-state index in [1.54, 1.807) is 6.08 Å². The molecule has 7 nitrogen and oxygen atoms in total. The van der Waals surface area contributed by atoms with E-state index in [0.717, 1.165) is 21.3 Å². The summed E-state index contributed by atoms with van der Waals surface area (Å²) in [5.74, 6) is 2.47. The van der Waals surface area contributed by atoms with Crippen LogP contribution in [-0.2, 0) is 0 Å². The number of ether oxygens (including phenoxy) is 3. The summed E-state index contributed by atoms with van der Waals surface area (Å²) in [6, 6.07) is 11.6. The summed E-state index contributed by atoms with van der Waals surface area (Å²) in [6.07, 6.45) is 1.28. The molecule has 2 aliphatic rings. The van der Waals surface area contributed by atoms with Crippen LogP contribution in [0.5, 0.6) is 17.4 Å². The van der Waals surface area contributed by atoms with Gasteiger partial charge in [0.1, 0.15) is 0 Å². The number of anilines is 1. The van der Waals surface area contributed by atoms with Crippen molar-refractivity contribution in [1.82, 2.24) is 15.2 Å². The van der Waals surface area contributed by atoms with E-state index in [1.807, 2.05) is 36.4 Å². The van der Waals surface area contributed by atoms with Gasteiger partial charge < -0.3 is 19.5 Å². The summed E-state index contributed by atoms with van der Waals surface area (Å²) < 4.78 is 18.1. The van der Waals surface area contributed by atoms with Gasteiger partial charge in [-0.3, -0.25) is 0 Å². The number of aromatic nitrogens is 3. The first kappa shape index (κ1) is 18.3. The normalized spacial score (nSPS) is 16.1. The molecule has 2 aromatic carbocycles. The molecule has 146 valence electrons. The van der Waals surface area contributed by atoms with Gasteiger partial charge in [-0.05, 0) is 18.2 Å². The van der Waals surface area contributed by atoms with Crippen LogP contribution in [0.2, 0.25) is 0 Å². The molecule has 0 radical (unpaired) electrons. The zero-order chi connectivity index (χ0) is 19.8. The first-order chi connectivity index (χ1) is 14.2. The number of nitrogens with zero attached hydrogens (tertiary/aromatic N) is 3. The molecule has 9 heteroatoms. The van der Waals surface area contributed by atoms with E-state index < -0.39 is 6.23 Å². The summed E-state index contributed by atoms with van der Waals surface area (Å²) in [6.45, 7) is 3.94. The second-order valence-electron chi connectivity index (χ2n) is 6.26. The second-order valence-corrected chi connectivity index (χ2v) is 8.10. The summed E-state index contributed by atoms with van der Waals surface area (Å²) in [5.41, 5.74) is 3.21. The summed E-state index contributed by atoms with van der Waals surface area (Å²) >= 11 is 5.07. The zero-order valence-electron chi connectivity index (χ0n) is 15.1. The Hall–Kier alpha value is -2.78. The highest BCUT2D eigenvalue weighted by Gasteiger charge is 2.29. The Morgan fingerprint density at radius 1 is 1.21 bits per heavy atom. The van der Waals surface area contributed by atoms with Crippen molar-refractivity contribution >= 4 is 33.4 Å². The number of halogens is 1. The molecule has 1 N–H and O–H groups in total. The van der Waals surface area contributed by atoms with Gasteiger partial charge in [-0.15, -0.1) is 16.8 Å². The van der Waals surface area contributed by atoms with Crippen molar-refractivity contribution in [3.05, 3.63) is 59.1 Å². The fourth-order valence-electron chi connectivity index (χ4n) is 3.12. The lowest BCUT2D eigenvalue weighted by Crippen LogP contribution is -2.17. The van der Waals surface area contributed by atoms with E-state index in [9.17, 15) is 0 Å².